The number of hydrogen-bond acceptors (Lipinski definition) is 2. The van der Waals surface area contributed by atoms with Crippen LogP contribution in [0.3, 0.4) is 0 Å². The topological polar surface area (TPSA) is 58.2 Å². The summed E-state index contributed by atoms with van der Waals surface area (Å²) in [6.07, 6.45) is -4.59. The monoisotopic (exact) mass is 496 g/mol. The van der Waals surface area contributed by atoms with E-state index in [-0.39, 0.29) is 16.3 Å². The first kappa shape index (κ1) is 23.6. The predicted octanol–water partition coefficient (Wildman–Crippen LogP) is 5.61. The van der Waals surface area contributed by atoms with Crippen LogP contribution in [-0.2, 0) is 4.79 Å². The molecule has 2 atom stereocenters. The molecule has 1 aliphatic rings. The van der Waals surface area contributed by atoms with Gasteiger partial charge < -0.3 is 10.6 Å². The lowest BCUT2D eigenvalue weighted by molar-refractivity contribution is -0.123. The molecule has 11 heteroatoms. The number of carbonyl (C=O) groups excluding carboxylic acids is 2. The molecule has 2 unspecified atom stereocenters. The SMILES string of the molecule is Cc1cc(C2C(C(=O)Nc3ccc(Cl)c(C(=O)NCC(F)(F)F)c3)C2(Cl)Cl)ccc1F. The summed E-state index contributed by atoms with van der Waals surface area (Å²) in [6, 6.07) is 8.10. The zero-order chi connectivity index (χ0) is 23.1. The molecule has 166 valence electrons. The van der Waals surface area contributed by atoms with E-state index in [0.29, 0.717) is 11.1 Å². The van der Waals surface area contributed by atoms with Gasteiger partial charge >= 0.3 is 6.18 Å². The second-order valence-corrected chi connectivity index (χ2v) is 8.97. The Kier molecular flexibility index (Phi) is 6.47. The first-order chi connectivity index (χ1) is 14.3. The number of carbonyl (C=O) groups is 2. The van der Waals surface area contributed by atoms with Crippen LogP contribution in [0.1, 0.15) is 27.4 Å². The van der Waals surface area contributed by atoms with Gasteiger partial charge in [0, 0.05) is 11.6 Å². The maximum atomic E-state index is 13.5. The highest BCUT2D eigenvalue weighted by molar-refractivity contribution is 6.53. The number of rotatable bonds is 5. The van der Waals surface area contributed by atoms with Crippen LogP contribution in [0.5, 0.6) is 0 Å². The Morgan fingerprint density at radius 2 is 1.81 bits per heavy atom. The van der Waals surface area contributed by atoms with Gasteiger partial charge in [0.15, 0.2) is 0 Å². The van der Waals surface area contributed by atoms with Gasteiger partial charge in [-0.3, -0.25) is 9.59 Å². The van der Waals surface area contributed by atoms with Gasteiger partial charge in [0.05, 0.1) is 16.5 Å². The van der Waals surface area contributed by atoms with Crippen molar-refractivity contribution in [3.05, 3.63) is 63.9 Å². The van der Waals surface area contributed by atoms with Crippen molar-refractivity contribution in [2.24, 2.45) is 5.92 Å². The molecule has 2 amide bonds. The summed E-state index contributed by atoms with van der Waals surface area (Å²) < 4.78 is 49.1. The molecule has 0 heterocycles. The van der Waals surface area contributed by atoms with E-state index >= 15 is 0 Å². The molecular formula is C20H15Cl3F4N2O2. The molecule has 2 N–H and O–H groups in total. The fourth-order valence-electron chi connectivity index (χ4n) is 3.20. The molecule has 1 saturated carbocycles. The predicted molar refractivity (Wildman–Crippen MR) is 110 cm³/mol. The quantitative estimate of drug-likeness (QED) is 0.417. The molecule has 0 radical (unpaired) electrons. The molecule has 0 aliphatic heterocycles. The molecular weight excluding hydrogens is 483 g/mol. The van der Waals surface area contributed by atoms with Crippen LogP contribution < -0.4 is 10.6 Å². The van der Waals surface area contributed by atoms with Crippen LogP contribution in [0.15, 0.2) is 36.4 Å². The zero-order valence-electron chi connectivity index (χ0n) is 15.8. The van der Waals surface area contributed by atoms with Gasteiger partial charge in [-0.25, -0.2) is 4.39 Å². The van der Waals surface area contributed by atoms with Gasteiger partial charge in [0.2, 0.25) is 5.91 Å². The van der Waals surface area contributed by atoms with Gasteiger partial charge in [0.1, 0.15) is 16.7 Å². The Labute approximate surface area is 189 Å². The molecule has 31 heavy (non-hydrogen) atoms. The van der Waals surface area contributed by atoms with Crippen LogP contribution >= 0.6 is 34.8 Å². The molecule has 2 aromatic carbocycles. The van der Waals surface area contributed by atoms with Crippen LogP contribution in [0.2, 0.25) is 5.02 Å². The van der Waals surface area contributed by atoms with E-state index in [1.54, 1.807) is 18.3 Å². The smallest absolute Gasteiger partial charge is 0.343 e. The van der Waals surface area contributed by atoms with E-state index in [0.717, 1.165) is 6.07 Å². The fourth-order valence-corrected chi connectivity index (χ4v) is 4.23. The van der Waals surface area contributed by atoms with Crippen molar-refractivity contribution in [3.63, 3.8) is 0 Å². The van der Waals surface area contributed by atoms with E-state index in [2.05, 4.69) is 5.32 Å². The summed E-state index contributed by atoms with van der Waals surface area (Å²) in [4.78, 5) is 24.7. The number of aryl methyl sites for hydroxylation is 1. The maximum absolute atomic E-state index is 13.5. The molecule has 0 saturated heterocycles. The Bertz CT molecular complexity index is 1040. The van der Waals surface area contributed by atoms with Gasteiger partial charge in [-0.05, 0) is 42.3 Å². The Morgan fingerprint density at radius 1 is 1.13 bits per heavy atom. The Hall–Kier alpha value is -2.03. The third-order valence-electron chi connectivity index (χ3n) is 4.81. The lowest BCUT2D eigenvalue weighted by atomic mass is 10.1. The summed E-state index contributed by atoms with van der Waals surface area (Å²) in [6.45, 7) is 0.0418. The normalized spacial score (nSPS) is 19.6. The summed E-state index contributed by atoms with van der Waals surface area (Å²) in [5.74, 6) is -3.47. The largest absolute Gasteiger partial charge is 0.405 e. The summed E-state index contributed by atoms with van der Waals surface area (Å²) >= 11 is 18.4. The number of anilines is 1. The van der Waals surface area contributed by atoms with Gasteiger partial charge in [-0.15, -0.1) is 23.2 Å². The van der Waals surface area contributed by atoms with E-state index in [4.69, 9.17) is 34.8 Å². The summed E-state index contributed by atoms with van der Waals surface area (Å²) in [5.41, 5.74) is 0.845. The Morgan fingerprint density at radius 3 is 2.42 bits per heavy atom. The minimum absolute atomic E-state index is 0.0900. The van der Waals surface area contributed by atoms with Crippen LogP contribution in [0.4, 0.5) is 23.2 Å². The van der Waals surface area contributed by atoms with Gasteiger partial charge in [-0.2, -0.15) is 13.2 Å². The average Bonchev–Trinajstić information content (AvgIpc) is 3.25. The minimum Gasteiger partial charge on any atom is -0.343 e. The number of hydrogen-bond donors (Lipinski definition) is 2. The first-order valence-corrected chi connectivity index (χ1v) is 10.0. The first-order valence-electron chi connectivity index (χ1n) is 8.90. The number of nitrogens with one attached hydrogen (secondary N) is 2. The van der Waals surface area contributed by atoms with E-state index in [9.17, 15) is 27.2 Å². The average molecular weight is 498 g/mol. The maximum Gasteiger partial charge on any atom is 0.405 e. The molecule has 1 aliphatic carbocycles. The van der Waals surface area contributed by atoms with E-state index < -0.39 is 46.5 Å². The number of halogens is 7. The van der Waals surface area contributed by atoms with Crippen LogP contribution in [0, 0.1) is 18.7 Å². The van der Waals surface area contributed by atoms with Crippen molar-refractivity contribution in [1.82, 2.24) is 5.32 Å². The molecule has 4 nitrogen and oxygen atoms in total. The van der Waals surface area contributed by atoms with Crippen molar-refractivity contribution < 1.29 is 27.2 Å². The number of benzene rings is 2. The Balaban J connectivity index is 1.74. The summed E-state index contributed by atoms with van der Waals surface area (Å²) in [5, 5.41) is 4.16. The van der Waals surface area contributed by atoms with Gasteiger partial charge in [0.25, 0.3) is 5.91 Å². The molecule has 0 spiro atoms. The van der Waals surface area contributed by atoms with Crippen molar-refractivity contribution in [2.75, 3.05) is 11.9 Å². The summed E-state index contributed by atoms with van der Waals surface area (Å²) in [7, 11) is 0. The third kappa shape index (κ3) is 5.25. The van der Waals surface area contributed by atoms with Gasteiger partial charge in [-0.1, -0.05) is 23.7 Å². The van der Waals surface area contributed by atoms with E-state index in [1.165, 1.54) is 24.3 Å². The highest BCUT2D eigenvalue weighted by atomic mass is 35.5. The minimum atomic E-state index is -4.59. The van der Waals surface area contributed by atoms with Crippen LogP contribution in [0.25, 0.3) is 0 Å². The van der Waals surface area contributed by atoms with Crippen molar-refractivity contribution in [2.45, 2.75) is 23.4 Å². The van der Waals surface area contributed by atoms with E-state index in [1.807, 2.05) is 0 Å². The molecule has 2 aromatic rings. The second kappa shape index (κ2) is 8.48. The molecule has 0 aromatic heterocycles. The van der Waals surface area contributed by atoms with Crippen LogP contribution in [-0.4, -0.2) is 28.9 Å². The zero-order valence-corrected chi connectivity index (χ0v) is 18.1. The van der Waals surface area contributed by atoms with Crippen molar-refractivity contribution in [3.8, 4) is 0 Å². The number of alkyl halides is 5. The second-order valence-electron chi connectivity index (χ2n) is 7.12. The lowest BCUT2D eigenvalue weighted by Gasteiger charge is -2.11. The third-order valence-corrected chi connectivity index (χ3v) is 6.08. The lowest BCUT2D eigenvalue weighted by Crippen LogP contribution is -2.33. The highest BCUT2D eigenvalue weighted by Crippen LogP contribution is 2.65. The number of amides is 2. The standard InChI is InChI=1S/C20H15Cl3F4N2O2/c1-9-6-10(2-5-14(9)24)15-16(20(15,22)23)18(31)29-11-3-4-13(21)12(7-11)17(30)28-8-19(25,26)27/h2-7,15-16H,8H2,1H3,(H,28,30)(H,29,31). The molecule has 0 bridgehead atoms. The molecule has 1 fully saturated rings. The molecule has 3 rings (SSSR count). The van der Waals surface area contributed by atoms with Crippen molar-refractivity contribution in [1.29, 1.82) is 0 Å². The fraction of sp³-hybridized carbons (Fsp3) is 0.300. The van der Waals surface area contributed by atoms with Crippen molar-refractivity contribution >= 4 is 52.3 Å². The highest BCUT2D eigenvalue weighted by Gasteiger charge is 2.67.